The Morgan fingerprint density at radius 2 is 1.59 bits per heavy atom. The van der Waals surface area contributed by atoms with E-state index in [1.165, 1.54) is 0 Å². The number of esters is 1. The van der Waals surface area contributed by atoms with Gasteiger partial charge in [-0.25, -0.2) is 0 Å². The number of rotatable bonds is 18. The van der Waals surface area contributed by atoms with E-state index >= 15 is 0 Å². The van der Waals surface area contributed by atoms with Gasteiger partial charge in [0.2, 0.25) is 0 Å². The summed E-state index contributed by atoms with van der Waals surface area (Å²) < 4.78 is 21.8. The summed E-state index contributed by atoms with van der Waals surface area (Å²) in [4.78, 5) is 13.3. The summed E-state index contributed by atoms with van der Waals surface area (Å²) in [6.07, 6.45) is 5.88. The predicted octanol–water partition coefficient (Wildman–Crippen LogP) is 9.98. The fourth-order valence-electron chi connectivity index (χ4n) is 4.43. The summed E-state index contributed by atoms with van der Waals surface area (Å²) in [7, 11) is -3.92. The van der Waals surface area contributed by atoms with Crippen LogP contribution in [0.1, 0.15) is 88.0 Å². The maximum atomic E-state index is 13.3. The van der Waals surface area contributed by atoms with E-state index in [2.05, 4.69) is 97.3 Å². The van der Waals surface area contributed by atoms with Crippen LogP contribution in [0.4, 0.5) is 0 Å². The average molecular weight is 665 g/mol. The summed E-state index contributed by atoms with van der Waals surface area (Å²) in [5.74, 6) is -0.181. The van der Waals surface area contributed by atoms with Crippen LogP contribution in [0.25, 0.3) is 0 Å². The first-order valence-electron chi connectivity index (χ1n) is 14.1. The normalized spacial score (nSPS) is 17.5. The summed E-state index contributed by atoms with van der Waals surface area (Å²) in [5.41, 5.74) is 0.713. The average Bonchev–Trinajstić information content (AvgIpc) is 2.83. The molecule has 0 amide bonds. The number of hydrogen-bond donors (Lipinski definition) is 0. The van der Waals surface area contributed by atoms with Gasteiger partial charge < -0.3 is 13.6 Å². The van der Waals surface area contributed by atoms with Crippen molar-refractivity contribution in [3.8, 4) is 0 Å². The van der Waals surface area contributed by atoms with E-state index < -0.39 is 16.6 Å². The molecular formula is C30H57IO4Si2. The summed E-state index contributed by atoms with van der Waals surface area (Å²) in [5, 5.41) is 0.0468. The van der Waals surface area contributed by atoms with Crippen molar-refractivity contribution >= 4 is 45.2 Å². The SMILES string of the molecule is C=CC[C@@](C)(CCC(CC(=O)O[C@H](/C(C)=C/I)[C@@H](C)C=C)O[Si](C)(C)C(C)(C)C)O[Si](CC)(CC)CC. The van der Waals surface area contributed by atoms with E-state index in [0.29, 0.717) is 0 Å². The molecule has 7 heteroatoms. The first kappa shape index (κ1) is 36.8. The van der Waals surface area contributed by atoms with Crippen molar-refractivity contribution in [2.24, 2.45) is 5.92 Å². The second kappa shape index (κ2) is 16.1. The van der Waals surface area contributed by atoms with E-state index in [0.717, 1.165) is 43.0 Å². The second-order valence-corrected chi connectivity index (χ2v) is 22.5. The standard InChI is InChI=1S/C30H57IO4Si2/c1-14-20-30(11,35-37(16-3,17-4)18-5)21-19-26(34-36(12,13)29(8,9)10)22-27(32)33-28(24(6)15-2)25(7)23-31/h14-15,23-24,26,28H,1-2,16-22H2,3-13H3/b25-23+/t24-,26?,28-,30-/m0/s1. The van der Waals surface area contributed by atoms with Crippen molar-refractivity contribution in [2.75, 3.05) is 0 Å². The zero-order chi connectivity index (χ0) is 29.1. The molecule has 0 radical (unpaired) electrons. The summed E-state index contributed by atoms with van der Waals surface area (Å²) >= 11 is 2.20. The third-order valence-corrected chi connectivity index (χ3v) is 18.7. The molecule has 0 aliphatic carbocycles. The number of halogens is 1. The zero-order valence-corrected chi connectivity index (χ0v) is 30.0. The third kappa shape index (κ3) is 11.8. The van der Waals surface area contributed by atoms with E-state index in [1.807, 2.05) is 30.1 Å². The molecule has 216 valence electrons. The molecule has 0 aliphatic heterocycles. The Morgan fingerprint density at radius 3 is 2.00 bits per heavy atom. The molecule has 0 bridgehead atoms. The largest absolute Gasteiger partial charge is 0.457 e. The maximum Gasteiger partial charge on any atom is 0.308 e. The molecular weight excluding hydrogens is 607 g/mol. The number of carbonyl (C=O) groups excluding carboxylic acids is 1. The van der Waals surface area contributed by atoms with Crippen LogP contribution in [-0.2, 0) is 18.4 Å². The van der Waals surface area contributed by atoms with Gasteiger partial charge in [-0.3, -0.25) is 4.79 Å². The fourth-order valence-corrected chi connectivity index (χ4v) is 9.33. The number of ether oxygens (including phenoxy) is 1. The minimum atomic E-state index is -2.10. The quantitative estimate of drug-likeness (QED) is 0.0633. The minimum Gasteiger partial charge on any atom is -0.457 e. The highest BCUT2D eigenvalue weighted by Crippen LogP contribution is 2.39. The van der Waals surface area contributed by atoms with Crippen molar-refractivity contribution in [3.63, 3.8) is 0 Å². The molecule has 0 spiro atoms. The van der Waals surface area contributed by atoms with Crippen LogP contribution < -0.4 is 0 Å². The smallest absolute Gasteiger partial charge is 0.308 e. The number of hydrogen-bond acceptors (Lipinski definition) is 4. The highest BCUT2D eigenvalue weighted by molar-refractivity contribution is 14.1. The van der Waals surface area contributed by atoms with Crippen LogP contribution in [0.3, 0.4) is 0 Å². The van der Waals surface area contributed by atoms with Gasteiger partial charge in [0.15, 0.2) is 16.6 Å². The highest BCUT2D eigenvalue weighted by atomic mass is 127. The van der Waals surface area contributed by atoms with Crippen LogP contribution in [0.15, 0.2) is 35.0 Å². The fraction of sp³-hybridized carbons (Fsp3) is 0.767. The van der Waals surface area contributed by atoms with E-state index in [4.69, 9.17) is 13.6 Å². The molecule has 0 aromatic heterocycles. The van der Waals surface area contributed by atoms with Crippen LogP contribution in [0.2, 0.25) is 36.3 Å². The lowest BCUT2D eigenvalue weighted by Gasteiger charge is -2.42. The van der Waals surface area contributed by atoms with Crippen molar-refractivity contribution < 1.29 is 18.4 Å². The van der Waals surface area contributed by atoms with Crippen LogP contribution in [-0.4, -0.2) is 40.4 Å². The van der Waals surface area contributed by atoms with Gasteiger partial charge in [0.1, 0.15) is 6.10 Å². The summed E-state index contributed by atoms with van der Waals surface area (Å²) in [6, 6.07) is 3.32. The zero-order valence-electron chi connectivity index (χ0n) is 25.8. The molecule has 37 heavy (non-hydrogen) atoms. The molecule has 0 aromatic rings. The molecule has 4 atom stereocenters. The lowest BCUT2D eigenvalue weighted by molar-refractivity contribution is -0.151. The molecule has 0 aliphatic rings. The molecule has 0 rings (SSSR count). The van der Waals surface area contributed by atoms with Crippen LogP contribution >= 0.6 is 22.6 Å². The van der Waals surface area contributed by atoms with Gasteiger partial charge in [0.05, 0.1) is 18.1 Å². The second-order valence-electron chi connectivity index (χ2n) is 12.4. The number of carbonyl (C=O) groups is 1. The van der Waals surface area contributed by atoms with Crippen molar-refractivity contribution in [1.82, 2.24) is 0 Å². The maximum absolute atomic E-state index is 13.3. The Hall–Kier alpha value is -0.226. The van der Waals surface area contributed by atoms with Gasteiger partial charge >= 0.3 is 5.97 Å². The van der Waals surface area contributed by atoms with E-state index in [-0.39, 0.29) is 41.2 Å². The Balaban J connectivity index is 5.96. The minimum absolute atomic E-state index is 0.0363. The molecule has 0 heterocycles. The molecule has 0 N–H and O–H groups in total. The topological polar surface area (TPSA) is 44.8 Å². The van der Waals surface area contributed by atoms with E-state index in [1.54, 1.807) is 0 Å². The Kier molecular flexibility index (Phi) is 16.0. The molecule has 1 unspecified atom stereocenters. The molecule has 0 saturated heterocycles. The van der Waals surface area contributed by atoms with Gasteiger partial charge in [-0.2, -0.15) is 0 Å². The van der Waals surface area contributed by atoms with Crippen molar-refractivity contribution in [3.05, 3.63) is 35.0 Å². The molecule has 0 saturated carbocycles. The monoisotopic (exact) mass is 664 g/mol. The van der Waals surface area contributed by atoms with Gasteiger partial charge in [-0.05, 0) is 79.0 Å². The van der Waals surface area contributed by atoms with Gasteiger partial charge in [0.25, 0.3) is 0 Å². The van der Waals surface area contributed by atoms with Crippen LogP contribution in [0, 0.1) is 5.92 Å². The van der Waals surface area contributed by atoms with E-state index in [9.17, 15) is 4.79 Å². The Morgan fingerprint density at radius 1 is 1.05 bits per heavy atom. The first-order valence-corrected chi connectivity index (χ1v) is 20.7. The van der Waals surface area contributed by atoms with Crippen LogP contribution in [0.5, 0.6) is 0 Å². The Labute approximate surface area is 245 Å². The predicted molar refractivity (Wildman–Crippen MR) is 174 cm³/mol. The van der Waals surface area contributed by atoms with Gasteiger partial charge in [-0.1, -0.05) is 83.2 Å². The molecule has 0 aromatic carbocycles. The Bertz CT molecular complexity index is 747. The van der Waals surface area contributed by atoms with Gasteiger partial charge in [0, 0.05) is 5.92 Å². The molecule has 4 nitrogen and oxygen atoms in total. The van der Waals surface area contributed by atoms with Crippen molar-refractivity contribution in [2.45, 2.75) is 142 Å². The highest BCUT2D eigenvalue weighted by Gasteiger charge is 2.41. The summed E-state index contributed by atoms with van der Waals surface area (Å²) in [6.45, 7) is 32.2. The van der Waals surface area contributed by atoms with Gasteiger partial charge in [-0.15, -0.1) is 13.2 Å². The van der Waals surface area contributed by atoms with Crippen molar-refractivity contribution in [1.29, 1.82) is 0 Å². The first-order chi connectivity index (χ1) is 17.0. The molecule has 0 fully saturated rings. The lowest BCUT2D eigenvalue weighted by Crippen LogP contribution is -2.47. The third-order valence-electron chi connectivity index (χ3n) is 8.36. The lowest BCUT2D eigenvalue weighted by atomic mass is 9.94.